The van der Waals surface area contributed by atoms with E-state index in [1.807, 2.05) is 17.5 Å². The molecule has 0 aliphatic carbocycles. The van der Waals surface area contributed by atoms with Gasteiger partial charge in [0, 0.05) is 24.1 Å². The normalized spacial score (nSPS) is 28.1. The molecule has 3 unspecified atom stereocenters. The van der Waals surface area contributed by atoms with Crippen LogP contribution in [0.4, 0.5) is 0 Å². The third kappa shape index (κ3) is 2.78. The molecular weight excluding hydrogens is 210 g/mol. The fraction of sp³-hybridized carbons (Fsp3) is 0.636. The highest BCUT2D eigenvalue weighted by Gasteiger charge is 2.24. The van der Waals surface area contributed by atoms with E-state index in [4.69, 9.17) is 4.74 Å². The number of rotatable bonds is 4. The van der Waals surface area contributed by atoms with Gasteiger partial charge >= 0.3 is 0 Å². The minimum absolute atomic E-state index is 0.264. The van der Waals surface area contributed by atoms with Crippen LogP contribution in [0.2, 0.25) is 0 Å². The van der Waals surface area contributed by atoms with Gasteiger partial charge in [0.2, 0.25) is 0 Å². The molecule has 2 rings (SSSR count). The van der Waals surface area contributed by atoms with E-state index >= 15 is 0 Å². The quantitative estimate of drug-likeness (QED) is 0.820. The molecule has 0 bridgehead atoms. The average Bonchev–Trinajstić information content (AvgIpc) is 2.85. The molecule has 1 aromatic heterocycles. The first-order chi connectivity index (χ1) is 7.27. The topological polar surface area (TPSA) is 41.5 Å². The molecule has 0 spiro atoms. The van der Waals surface area contributed by atoms with Gasteiger partial charge in [-0.1, -0.05) is 6.07 Å². The molecule has 1 saturated heterocycles. The van der Waals surface area contributed by atoms with Gasteiger partial charge in [0.25, 0.3) is 0 Å². The van der Waals surface area contributed by atoms with Crippen molar-refractivity contribution in [2.24, 2.45) is 0 Å². The lowest BCUT2D eigenvalue weighted by atomic mass is 10.1. The Morgan fingerprint density at radius 2 is 2.60 bits per heavy atom. The molecule has 15 heavy (non-hydrogen) atoms. The van der Waals surface area contributed by atoms with E-state index in [9.17, 15) is 5.11 Å². The van der Waals surface area contributed by atoms with Crippen LogP contribution in [0.5, 0.6) is 0 Å². The Kier molecular flexibility index (Phi) is 3.75. The summed E-state index contributed by atoms with van der Waals surface area (Å²) in [6.07, 6.45) is 0.913. The molecule has 4 heteroatoms. The van der Waals surface area contributed by atoms with E-state index in [-0.39, 0.29) is 6.10 Å². The second kappa shape index (κ2) is 5.07. The SMILES string of the molecule is CC1OCCC1NCC(O)c1cccs1. The van der Waals surface area contributed by atoms with Crippen LogP contribution < -0.4 is 5.32 Å². The number of aliphatic hydroxyl groups excluding tert-OH is 1. The van der Waals surface area contributed by atoms with Crippen molar-refractivity contribution in [3.63, 3.8) is 0 Å². The fourth-order valence-electron chi connectivity index (χ4n) is 1.84. The zero-order valence-corrected chi connectivity index (χ0v) is 9.67. The van der Waals surface area contributed by atoms with Gasteiger partial charge in [0.05, 0.1) is 6.10 Å². The Bertz CT molecular complexity index is 289. The number of aliphatic hydroxyl groups is 1. The summed E-state index contributed by atoms with van der Waals surface area (Å²) < 4.78 is 5.45. The predicted molar refractivity (Wildman–Crippen MR) is 61.1 cm³/mol. The van der Waals surface area contributed by atoms with Crippen molar-refractivity contribution in [1.82, 2.24) is 5.32 Å². The van der Waals surface area contributed by atoms with Crippen molar-refractivity contribution in [3.05, 3.63) is 22.4 Å². The van der Waals surface area contributed by atoms with E-state index in [2.05, 4.69) is 12.2 Å². The van der Waals surface area contributed by atoms with Crippen LogP contribution in [0.25, 0.3) is 0 Å². The Labute approximate surface area is 94.1 Å². The third-order valence-corrected chi connectivity index (χ3v) is 3.79. The molecule has 1 aliphatic heterocycles. The number of hydrogen-bond acceptors (Lipinski definition) is 4. The Balaban J connectivity index is 1.78. The maximum Gasteiger partial charge on any atom is 0.101 e. The minimum Gasteiger partial charge on any atom is -0.386 e. The number of nitrogens with one attached hydrogen (secondary N) is 1. The summed E-state index contributed by atoms with van der Waals surface area (Å²) in [5, 5.41) is 15.2. The lowest BCUT2D eigenvalue weighted by Crippen LogP contribution is -2.37. The first-order valence-electron chi connectivity index (χ1n) is 5.34. The molecule has 3 nitrogen and oxygen atoms in total. The van der Waals surface area contributed by atoms with Crippen LogP contribution >= 0.6 is 11.3 Å². The standard InChI is InChI=1S/C11H17NO2S/c1-8-9(4-5-14-8)12-7-10(13)11-3-2-6-15-11/h2-3,6,8-10,12-13H,4-5,7H2,1H3. The lowest BCUT2D eigenvalue weighted by molar-refractivity contribution is 0.107. The first kappa shape index (κ1) is 11.1. The van der Waals surface area contributed by atoms with Gasteiger partial charge in [-0.3, -0.25) is 0 Å². The first-order valence-corrected chi connectivity index (χ1v) is 6.22. The van der Waals surface area contributed by atoms with Gasteiger partial charge in [0.1, 0.15) is 6.10 Å². The number of hydrogen-bond donors (Lipinski definition) is 2. The van der Waals surface area contributed by atoms with Gasteiger partial charge in [-0.25, -0.2) is 0 Å². The van der Waals surface area contributed by atoms with Gasteiger partial charge in [-0.05, 0) is 24.8 Å². The molecule has 1 fully saturated rings. The summed E-state index contributed by atoms with van der Waals surface area (Å²) >= 11 is 1.59. The van der Waals surface area contributed by atoms with Crippen molar-refractivity contribution < 1.29 is 9.84 Å². The van der Waals surface area contributed by atoms with E-state index in [1.165, 1.54) is 0 Å². The molecule has 2 heterocycles. The smallest absolute Gasteiger partial charge is 0.101 e. The molecule has 0 radical (unpaired) electrons. The van der Waals surface area contributed by atoms with Gasteiger partial charge in [-0.2, -0.15) is 0 Å². The summed E-state index contributed by atoms with van der Waals surface area (Å²) in [6.45, 7) is 3.51. The molecule has 1 aromatic rings. The second-order valence-electron chi connectivity index (χ2n) is 3.91. The van der Waals surface area contributed by atoms with E-state index in [0.29, 0.717) is 12.6 Å². The van der Waals surface area contributed by atoms with Crippen LogP contribution in [0.3, 0.4) is 0 Å². The number of thiophene rings is 1. The monoisotopic (exact) mass is 227 g/mol. The van der Waals surface area contributed by atoms with Crippen molar-refractivity contribution in [2.75, 3.05) is 13.2 Å². The second-order valence-corrected chi connectivity index (χ2v) is 4.89. The zero-order chi connectivity index (χ0) is 10.7. The minimum atomic E-state index is -0.391. The molecule has 3 atom stereocenters. The summed E-state index contributed by atoms with van der Waals surface area (Å²) in [6, 6.07) is 4.32. The predicted octanol–water partition coefficient (Wildman–Crippen LogP) is 1.55. The molecule has 2 N–H and O–H groups in total. The van der Waals surface area contributed by atoms with Crippen LogP contribution in [0, 0.1) is 0 Å². The molecule has 1 aliphatic rings. The maximum absolute atomic E-state index is 9.86. The van der Waals surface area contributed by atoms with Crippen molar-refractivity contribution in [1.29, 1.82) is 0 Å². The summed E-state index contributed by atoms with van der Waals surface area (Å²) in [4.78, 5) is 1.02. The summed E-state index contributed by atoms with van der Waals surface area (Å²) in [7, 11) is 0. The van der Waals surface area contributed by atoms with Gasteiger partial charge < -0.3 is 15.2 Å². The van der Waals surface area contributed by atoms with Crippen molar-refractivity contribution in [2.45, 2.75) is 31.6 Å². The van der Waals surface area contributed by atoms with Crippen molar-refractivity contribution >= 4 is 11.3 Å². The zero-order valence-electron chi connectivity index (χ0n) is 8.85. The highest BCUT2D eigenvalue weighted by molar-refractivity contribution is 7.10. The van der Waals surface area contributed by atoms with Crippen LogP contribution in [-0.2, 0) is 4.74 Å². The Hall–Kier alpha value is -0.420. The highest BCUT2D eigenvalue weighted by Crippen LogP contribution is 2.19. The van der Waals surface area contributed by atoms with E-state index < -0.39 is 6.10 Å². The van der Waals surface area contributed by atoms with E-state index in [1.54, 1.807) is 11.3 Å². The highest BCUT2D eigenvalue weighted by atomic mass is 32.1. The molecule has 0 amide bonds. The fourth-order valence-corrected chi connectivity index (χ4v) is 2.56. The largest absolute Gasteiger partial charge is 0.386 e. The third-order valence-electron chi connectivity index (χ3n) is 2.82. The Morgan fingerprint density at radius 1 is 1.73 bits per heavy atom. The van der Waals surface area contributed by atoms with E-state index in [0.717, 1.165) is 17.9 Å². The van der Waals surface area contributed by atoms with Crippen molar-refractivity contribution in [3.8, 4) is 0 Å². The summed E-state index contributed by atoms with van der Waals surface area (Å²) in [5.41, 5.74) is 0. The lowest BCUT2D eigenvalue weighted by Gasteiger charge is -2.18. The van der Waals surface area contributed by atoms with Crippen LogP contribution in [0.1, 0.15) is 24.3 Å². The van der Waals surface area contributed by atoms with Gasteiger partial charge in [-0.15, -0.1) is 11.3 Å². The van der Waals surface area contributed by atoms with Crippen LogP contribution in [0.15, 0.2) is 17.5 Å². The molecular formula is C11H17NO2S. The molecule has 84 valence electrons. The summed E-state index contributed by atoms with van der Waals surface area (Å²) in [5.74, 6) is 0. The Morgan fingerprint density at radius 3 is 3.20 bits per heavy atom. The molecule has 0 saturated carbocycles. The molecule has 0 aromatic carbocycles. The number of ether oxygens (including phenoxy) is 1. The van der Waals surface area contributed by atoms with Gasteiger partial charge in [0.15, 0.2) is 0 Å². The maximum atomic E-state index is 9.86. The van der Waals surface area contributed by atoms with Crippen LogP contribution in [-0.4, -0.2) is 30.4 Å². The average molecular weight is 227 g/mol.